The third kappa shape index (κ3) is 4.56. The van der Waals surface area contributed by atoms with Gasteiger partial charge >= 0.3 is 5.97 Å². The molecule has 2 atom stereocenters. The minimum Gasteiger partial charge on any atom is -0.452 e. The number of rotatable bonds is 7. The number of aryl methyl sites for hydroxylation is 1. The van der Waals surface area contributed by atoms with Gasteiger partial charge in [-0.3, -0.25) is 14.4 Å². The van der Waals surface area contributed by atoms with Gasteiger partial charge in [0.2, 0.25) is 0 Å². The number of benzene rings is 1. The molecule has 0 spiro atoms. The van der Waals surface area contributed by atoms with Crippen LogP contribution in [0.4, 0.5) is 5.00 Å². The number of ether oxygens (including phenoxy) is 1. The van der Waals surface area contributed by atoms with E-state index in [4.69, 9.17) is 10.5 Å². The standard InChI is InChI=1S/C20H22N2O4S2/c1-11(26-20(25)12(2)27-13-7-4-3-5-8-13)18(24)22-19-16(17(21)23)14-9-6-10-15(14)28-19/h3-5,7-8,11-12H,6,9-10H2,1-2H3,(H2,21,23)(H,22,24)/t11-,12+/m1/s1. The number of fused-ring (bicyclic) bond motifs is 1. The lowest BCUT2D eigenvalue weighted by atomic mass is 10.1. The smallest absolute Gasteiger partial charge is 0.319 e. The molecule has 3 N–H and O–H groups in total. The Kier molecular flexibility index (Phi) is 6.41. The summed E-state index contributed by atoms with van der Waals surface area (Å²) in [6.45, 7) is 3.25. The van der Waals surface area contributed by atoms with Gasteiger partial charge in [0.15, 0.2) is 6.10 Å². The van der Waals surface area contributed by atoms with Crippen LogP contribution in [0.1, 0.15) is 41.1 Å². The molecular formula is C20H22N2O4S2. The molecule has 3 rings (SSSR count). The number of carbonyl (C=O) groups excluding carboxylic acids is 3. The Balaban J connectivity index is 1.60. The van der Waals surface area contributed by atoms with Gasteiger partial charge in [-0.05, 0) is 50.8 Å². The Morgan fingerprint density at radius 3 is 2.57 bits per heavy atom. The Labute approximate surface area is 171 Å². The van der Waals surface area contributed by atoms with E-state index < -0.39 is 29.1 Å². The van der Waals surface area contributed by atoms with Crippen LogP contribution in [-0.2, 0) is 27.2 Å². The lowest BCUT2D eigenvalue weighted by Crippen LogP contribution is -2.32. The molecule has 0 fully saturated rings. The Morgan fingerprint density at radius 2 is 1.89 bits per heavy atom. The van der Waals surface area contributed by atoms with E-state index in [9.17, 15) is 14.4 Å². The molecule has 2 aromatic rings. The molecule has 0 bridgehead atoms. The first-order chi connectivity index (χ1) is 13.4. The van der Waals surface area contributed by atoms with Gasteiger partial charge in [0, 0.05) is 9.77 Å². The highest BCUT2D eigenvalue weighted by Crippen LogP contribution is 2.38. The number of anilines is 1. The number of nitrogens with one attached hydrogen (secondary N) is 1. The predicted octanol–water partition coefficient (Wildman–Crippen LogP) is 3.39. The minimum atomic E-state index is -0.982. The molecule has 0 radical (unpaired) electrons. The second-order valence-corrected chi connectivity index (χ2v) is 9.09. The Morgan fingerprint density at radius 1 is 1.18 bits per heavy atom. The topological polar surface area (TPSA) is 98.5 Å². The van der Waals surface area contributed by atoms with Crippen LogP contribution in [0.15, 0.2) is 35.2 Å². The number of thioether (sulfide) groups is 1. The molecule has 1 aromatic carbocycles. The van der Waals surface area contributed by atoms with E-state index in [-0.39, 0.29) is 0 Å². The number of nitrogens with two attached hydrogens (primary N) is 1. The van der Waals surface area contributed by atoms with E-state index in [0.29, 0.717) is 10.6 Å². The third-order valence-electron chi connectivity index (χ3n) is 4.45. The first kappa shape index (κ1) is 20.4. The maximum absolute atomic E-state index is 12.5. The van der Waals surface area contributed by atoms with Gasteiger partial charge in [0.25, 0.3) is 11.8 Å². The average Bonchev–Trinajstić information content (AvgIpc) is 3.22. The third-order valence-corrected chi connectivity index (χ3v) is 6.75. The summed E-state index contributed by atoms with van der Waals surface area (Å²) in [5.74, 6) is -1.50. The number of esters is 1. The molecule has 1 heterocycles. The molecule has 1 aliphatic rings. The van der Waals surface area contributed by atoms with Gasteiger partial charge in [-0.1, -0.05) is 18.2 Å². The molecule has 0 saturated heterocycles. The number of carbonyl (C=O) groups is 3. The summed E-state index contributed by atoms with van der Waals surface area (Å²) in [6.07, 6.45) is 1.68. The average molecular weight is 419 g/mol. The van der Waals surface area contributed by atoms with Crippen LogP contribution < -0.4 is 11.1 Å². The van der Waals surface area contributed by atoms with Gasteiger partial charge in [0.05, 0.1) is 5.56 Å². The first-order valence-corrected chi connectivity index (χ1v) is 10.7. The van der Waals surface area contributed by atoms with Crippen LogP contribution >= 0.6 is 23.1 Å². The summed E-state index contributed by atoms with van der Waals surface area (Å²) < 4.78 is 5.31. The highest BCUT2D eigenvalue weighted by Gasteiger charge is 2.28. The molecule has 0 aliphatic heterocycles. The van der Waals surface area contributed by atoms with Crippen molar-refractivity contribution in [3.05, 3.63) is 46.3 Å². The maximum atomic E-state index is 12.5. The van der Waals surface area contributed by atoms with Crippen molar-refractivity contribution in [1.82, 2.24) is 0 Å². The fourth-order valence-corrected chi connectivity index (χ4v) is 5.21. The summed E-state index contributed by atoms with van der Waals surface area (Å²) in [6, 6.07) is 9.51. The number of hydrogen-bond acceptors (Lipinski definition) is 6. The number of primary amides is 1. The molecule has 148 valence electrons. The first-order valence-electron chi connectivity index (χ1n) is 9.04. The Bertz CT molecular complexity index is 895. The quantitative estimate of drug-likeness (QED) is 0.530. The van der Waals surface area contributed by atoms with Crippen LogP contribution in [0, 0.1) is 0 Å². The zero-order valence-electron chi connectivity index (χ0n) is 15.7. The van der Waals surface area contributed by atoms with E-state index in [1.54, 1.807) is 6.92 Å². The molecule has 2 amide bonds. The molecule has 6 nitrogen and oxygen atoms in total. The van der Waals surface area contributed by atoms with Gasteiger partial charge in [0.1, 0.15) is 10.3 Å². The SMILES string of the molecule is C[C@H](Sc1ccccc1)C(=O)O[C@H](C)C(=O)Nc1sc2c(c1C(N)=O)CCC2. The molecule has 0 unspecified atom stereocenters. The molecule has 28 heavy (non-hydrogen) atoms. The normalized spacial score (nSPS) is 14.8. The lowest BCUT2D eigenvalue weighted by Gasteiger charge is -2.16. The number of hydrogen-bond donors (Lipinski definition) is 2. The van der Waals surface area contributed by atoms with Crippen LogP contribution in [0.5, 0.6) is 0 Å². The van der Waals surface area contributed by atoms with Crippen molar-refractivity contribution in [3.63, 3.8) is 0 Å². The highest BCUT2D eigenvalue weighted by molar-refractivity contribution is 8.00. The molecular weight excluding hydrogens is 396 g/mol. The van der Waals surface area contributed by atoms with Gasteiger partial charge in [-0.15, -0.1) is 23.1 Å². The van der Waals surface area contributed by atoms with E-state index in [0.717, 1.165) is 34.6 Å². The summed E-state index contributed by atoms with van der Waals surface area (Å²) in [5.41, 5.74) is 6.83. The van der Waals surface area contributed by atoms with E-state index >= 15 is 0 Å². The van der Waals surface area contributed by atoms with Crippen molar-refractivity contribution in [1.29, 1.82) is 0 Å². The largest absolute Gasteiger partial charge is 0.452 e. The van der Waals surface area contributed by atoms with E-state index in [1.165, 1.54) is 30.0 Å². The monoisotopic (exact) mass is 418 g/mol. The summed E-state index contributed by atoms with van der Waals surface area (Å²) in [4.78, 5) is 38.7. The molecule has 1 aromatic heterocycles. The van der Waals surface area contributed by atoms with Crippen LogP contribution in [0.2, 0.25) is 0 Å². The zero-order valence-corrected chi connectivity index (χ0v) is 17.3. The van der Waals surface area contributed by atoms with Crippen LogP contribution in [0.3, 0.4) is 0 Å². The van der Waals surface area contributed by atoms with Crippen LogP contribution in [-0.4, -0.2) is 29.1 Å². The van der Waals surface area contributed by atoms with Crippen molar-refractivity contribution in [2.45, 2.75) is 49.4 Å². The Hall–Kier alpha value is -2.32. The summed E-state index contributed by atoms with van der Waals surface area (Å²) in [7, 11) is 0. The second-order valence-electron chi connectivity index (χ2n) is 6.57. The highest BCUT2D eigenvalue weighted by atomic mass is 32.2. The number of amides is 2. The summed E-state index contributed by atoms with van der Waals surface area (Å²) >= 11 is 2.74. The summed E-state index contributed by atoms with van der Waals surface area (Å²) in [5, 5.41) is 2.70. The van der Waals surface area contributed by atoms with Crippen molar-refractivity contribution in [2.24, 2.45) is 5.73 Å². The fourth-order valence-electron chi connectivity index (χ4n) is 3.04. The number of thiophene rings is 1. The van der Waals surface area contributed by atoms with Crippen molar-refractivity contribution in [3.8, 4) is 0 Å². The fraction of sp³-hybridized carbons (Fsp3) is 0.350. The van der Waals surface area contributed by atoms with Crippen molar-refractivity contribution in [2.75, 3.05) is 5.32 Å². The van der Waals surface area contributed by atoms with Crippen molar-refractivity contribution < 1.29 is 19.1 Å². The lowest BCUT2D eigenvalue weighted by molar-refractivity contribution is -0.152. The molecule has 1 aliphatic carbocycles. The van der Waals surface area contributed by atoms with Crippen molar-refractivity contribution >= 4 is 45.9 Å². The van der Waals surface area contributed by atoms with E-state index in [2.05, 4.69) is 5.32 Å². The molecule has 0 saturated carbocycles. The minimum absolute atomic E-state index is 0.386. The van der Waals surface area contributed by atoms with Gasteiger partial charge in [-0.2, -0.15) is 0 Å². The predicted molar refractivity (Wildman–Crippen MR) is 111 cm³/mol. The van der Waals surface area contributed by atoms with E-state index in [1.807, 2.05) is 30.3 Å². The second kappa shape index (κ2) is 8.79. The zero-order chi connectivity index (χ0) is 20.3. The maximum Gasteiger partial charge on any atom is 0.319 e. The van der Waals surface area contributed by atoms with Gasteiger partial charge < -0.3 is 15.8 Å². The molecule has 8 heteroatoms. The van der Waals surface area contributed by atoms with Gasteiger partial charge in [-0.25, -0.2) is 0 Å². The van der Waals surface area contributed by atoms with Crippen LogP contribution in [0.25, 0.3) is 0 Å².